The van der Waals surface area contributed by atoms with Gasteiger partial charge in [-0.1, -0.05) is 59.8 Å². The van der Waals surface area contributed by atoms with Gasteiger partial charge in [0.1, 0.15) is 5.82 Å². The minimum atomic E-state index is -0.188. The van der Waals surface area contributed by atoms with Gasteiger partial charge in [-0.2, -0.15) is 0 Å². The third-order valence-electron chi connectivity index (χ3n) is 6.61. The van der Waals surface area contributed by atoms with Gasteiger partial charge in [-0.3, -0.25) is 14.2 Å². The second-order valence-corrected chi connectivity index (χ2v) is 10.5. The number of aryl methyl sites for hydroxylation is 1. The number of esters is 1. The lowest BCUT2D eigenvalue weighted by atomic mass is 9.98. The first kappa shape index (κ1) is 26.9. The molecular formula is C29H36N4O3S. The fourth-order valence-corrected chi connectivity index (χ4v) is 5.57. The summed E-state index contributed by atoms with van der Waals surface area (Å²) in [7, 11) is 0. The Bertz CT molecular complexity index is 1160. The van der Waals surface area contributed by atoms with Crippen molar-refractivity contribution in [3.63, 3.8) is 0 Å². The first-order valence-electron chi connectivity index (χ1n) is 13.2. The van der Waals surface area contributed by atoms with E-state index in [1.165, 1.54) is 11.1 Å². The summed E-state index contributed by atoms with van der Waals surface area (Å²) in [4.78, 5) is 26.7. The minimum absolute atomic E-state index is 0.131. The van der Waals surface area contributed by atoms with Gasteiger partial charge in [0, 0.05) is 37.4 Å². The van der Waals surface area contributed by atoms with Crippen LogP contribution in [0.15, 0.2) is 59.8 Å². The number of carbonyl (C=O) groups excluding carboxylic acids is 2. The van der Waals surface area contributed by atoms with Gasteiger partial charge in [0.05, 0.1) is 12.5 Å². The van der Waals surface area contributed by atoms with E-state index < -0.39 is 0 Å². The number of nitrogens with zero attached hydrogens (tertiary/aromatic N) is 4. The SMILES string of the molecule is CCOC(=O)C1CCCN(C(=O)CCCCSc2nnc(Cc3ccccc3)n2-c2ccc(C)cc2)C1. The number of ether oxygens (including phenoxy) is 1. The van der Waals surface area contributed by atoms with Crippen molar-refractivity contribution in [2.45, 2.75) is 57.5 Å². The molecule has 2 heterocycles. The number of hydrogen-bond acceptors (Lipinski definition) is 6. The first-order valence-corrected chi connectivity index (χ1v) is 14.2. The number of unbranched alkanes of at least 4 members (excludes halogenated alkanes) is 1. The molecule has 3 aromatic rings. The maximum absolute atomic E-state index is 12.7. The van der Waals surface area contributed by atoms with E-state index in [0.717, 1.165) is 54.6 Å². The zero-order valence-electron chi connectivity index (χ0n) is 21.8. The number of rotatable bonds is 11. The van der Waals surface area contributed by atoms with Crippen LogP contribution in [0, 0.1) is 12.8 Å². The molecule has 8 heteroatoms. The van der Waals surface area contributed by atoms with E-state index in [1.54, 1.807) is 11.8 Å². The molecule has 0 saturated carbocycles. The predicted molar refractivity (Wildman–Crippen MR) is 146 cm³/mol. The fourth-order valence-electron chi connectivity index (χ4n) is 4.60. The largest absolute Gasteiger partial charge is 0.466 e. The number of carbonyl (C=O) groups is 2. The highest BCUT2D eigenvalue weighted by Crippen LogP contribution is 2.25. The Morgan fingerprint density at radius 2 is 1.84 bits per heavy atom. The van der Waals surface area contributed by atoms with E-state index >= 15 is 0 Å². The number of likely N-dealkylation sites (tertiary alicyclic amines) is 1. The highest BCUT2D eigenvalue weighted by Gasteiger charge is 2.29. The average molecular weight is 521 g/mol. The summed E-state index contributed by atoms with van der Waals surface area (Å²) in [6, 6.07) is 18.7. The van der Waals surface area contributed by atoms with Crippen molar-refractivity contribution in [3.05, 3.63) is 71.5 Å². The molecule has 0 aliphatic carbocycles. The molecule has 196 valence electrons. The highest BCUT2D eigenvalue weighted by atomic mass is 32.2. The van der Waals surface area contributed by atoms with Gasteiger partial charge in [0.2, 0.25) is 5.91 Å². The number of amides is 1. The monoisotopic (exact) mass is 520 g/mol. The average Bonchev–Trinajstić information content (AvgIpc) is 3.31. The molecule has 1 aliphatic rings. The summed E-state index contributed by atoms with van der Waals surface area (Å²) in [5.74, 6) is 1.53. The maximum atomic E-state index is 12.7. The van der Waals surface area contributed by atoms with E-state index in [-0.39, 0.29) is 17.8 Å². The van der Waals surface area contributed by atoms with E-state index in [1.807, 2.05) is 30.0 Å². The van der Waals surface area contributed by atoms with Crippen LogP contribution in [0.2, 0.25) is 0 Å². The van der Waals surface area contributed by atoms with Gasteiger partial charge in [0.15, 0.2) is 5.16 Å². The number of aromatic nitrogens is 3. The third-order valence-corrected chi connectivity index (χ3v) is 7.62. The molecule has 4 rings (SSSR count). The van der Waals surface area contributed by atoms with Crippen molar-refractivity contribution in [2.75, 3.05) is 25.4 Å². The van der Waals surface area contributed by atoms with Crippen LogP contribution in [-0.2, 0) is 20.7 Å². The van der Waals surface area contributed by atoms with Crippen LogP contribution in [0.5, 0.6) is 0 Å². The normalized spacial score (nSPS) is 15.5. The van der Waals surface area contributed by atoms with Crippen LogP contribution in [0.25, 0.3) is 5.69 Å². The standard InChI is InChI=1S/C29H36N4O3S/c1-3-36-28(35)24-12-9-18-32(21-24)27(34)13-7-8-19-37-29-31-30-26(20-23-10-5-4-6-11-23)33(29)25-16-14-22(2)15-17-25/h4-6,10-11,14-17,24H,3,7-9,12-13,18-21H2,1-2H3. The van der Waals surface area contributed by atoms with E-state index in [2.05, 4.69) is 58.1 Å². The van der Waals surface area contributed by atoms with Crippen LogP contribution in [0.3, 0.4) is 0 Å². The highest BCUT2D eigenvalue weighted by molar-refractivity contribution is 7.99. The first-order chi connectivity index (χ1) is 18.0. The molecule has 7 nitrogen and oxygen atoms in total. The number of thioether (sulfide) groups is 1. The minimum Gasteiger partial charge on any atom is -0.466 e. The van der Waals surface area contributed by atoms with Gasteiger partial charge in [-0.05, 0) is 57.2 Å². The molecule has 2 aromatic carbocycles. The van der Waals surface area contributed by atoms with Crippen LogP contribution in [0.4, 0.5) is 0 Å². The smallest absolute Gasteiger partial charge is 0.310 e. The van der Waals surface area contributed by atoms with Crippen LogP contribution < -0.4 is 0 Å². The lowest BCUT2D eigenvalue weighted by Gasteiger charge is -2.31. The predicted octanol–water partition coefficient (Wildman–Crippen LogP) is 5.23. The second-order valence-electron chi connectivity index (χ2n) is 9.47. The molecular weight excluding hydrogens is 484 g/mol. The van der Waals surface area contributed by atoms with Crippen molar-refractivity contribution < 1.29 is 14.3 Å². The molecule has 1 fully saturated rings. The van der Waals surface area contributed by atoms with Gasteiger partial charge in [-0.25, -0.2) is 0 Å². The fraction of sp³-hybridized carbons (Fsp3) is 0.448. The van der Waals surface area contributed by atoms with Gasteiger partial charge >= 0.3 is 5.97 Å². The lowest BCUT2D eigenvalue weighted by molar-refractivity contribution is -0.151. The molecule has 0 bridgehead atoms. The Hall–Kier alpha value is -3.13. The maximum Gasteiger partial charge on any atom is 0.310 e. The summed E-state index contributed by atoms with van der Waals surface area (Å²) in [5.41, 5.74) is 3.46. The quantitative estimate of drug-likeness (QED) is 0.196. The Labute approximate surface area is 223 Å². The third kappa shape index (κ3) is 7.44. The summed E-state index contributed by atoms with van der Waals surface area (Å²) >= 11 is 1.68. The molecule has 0 N–H and O–H groups in total. The van der Waals surface area contributed by atoms with Crippen LogP contribution in [0.1, 0.15) is 56.0 Å². The van der Waals surface area contributed by atoms with E-state index in [4.69, 9.17) is 4.74 Å². The van der Waals surface area contributed by atoms with Gasteiger partial charge in [-0.15, -0.1) is 10.2 Å². The summed E-state index contributed by atoms with van der Waals surface area (Å²) in [6.45, 7) is 5.49. The number of benzene rings is 2. The number of hydrogen-bond donors (Lipinski definition) is 0. The molecule has 1 unspecified atom stereocenters. The van der Waals surface area contributed by atoms with Crippen LogP contribution in [-0.4, -0.2) is 57.0 Å². The Morgan fingerprint density at radius 1 is 1.05 bits per heavy atom. The Kier molecular flexibility index (Phi) is 9.77. The Morgan fingerprint density at radius 3 is 2.59 bits per heavy atom. The lowest BCUT2D eigenvalue weighted by Crippen LogP contribution is -2.42. The van der Waals surface area contributed by atoms with Gasteiger partial charge in [0.25, 0.3) is 0 Å². The van der Waals surface area contributed by atoms with Crippen molar-refractivity contribution in [1.29, 1.82) is 0 Å². The Balaban J connectivity index is 1.31. The second kappa shape index (κ2) is 13.4. The molecule has 37 heavy (non-hydrogen) atoms. The zero-order valence-corrected chi connectivity index (χ0v) is 22.6. The molecule has 1 atom stereocenters. The molecule has 0 radical (unpaired) electrons. The summed E-state index contributed by atoms with van der Waals surface area (Å²) in [5, 5.41) is 9.91. The molecule has 0 spiro atoms. The van der Waals surface area contributed by atoms with Crippen LogP contribution >= 0.6 is 11.8 Å². The van der Waals surface area contributed by atoms with Crippen molar-refractivity contribution >= 4 is 23.6 Å². The summed E-state index contributed by atoms with van der Waals surface area (Å²) in [6.07, 6.45) is 4.57. The molecule has 1 aromatic heterocycles. The van der Waals surface area contributed by atoms with Crippen molar-refractivity contribution in [1.82, 2.24) is 19.7 Å². The van der Waals surface area contributed by atoms with Crippen molar-refractivity contribution in [3.8, 4) is 5.69 Å². The van der Waals surface area contributed by atoms with Crippen molar-refractivity contribution in [2.24, 2.45) is 5.92 Å². The molecule has 1 amide bonds. The van der Waals surface area contributed by atoms with E-state index in [9.17, 15) is 9.59 Å². The van der Waals surface area contributed by atoms with Gasteiger partial charge < -0.3 is 9.64 Å². The molecule has 1 saturated heterocycles. The number of piperidine rings is 1. The summed E-state index contributed by atoms with van der Waals surface area (Å²) < 4.78 is 7.30. The topological polar surface area (TPSA) is 77.3 Å². The zero-order chi connectivity index (χ0) is 26.0. The molecule has 1 aliphatic heterocycles. The van der Waals surface area contributed by atoms with E-state index in [0.29, 0.717) is 26.0 Å².